The second-order valence-corrected chi connectivity index (χ2v) is 4.34. The van der Waals surface area contributed by atoms with Crippen LogP contribution >= 0.6 is 11.8 Å². The van der Waals surface area contributed by atoms with Crippen LogP contribution < -0.4 is 5.32 Å². The molecule has 4 heteroatoms. The predicted molar refractivity (Wildman–Crippen MR) is 55.7 cm³/mol. The van der Waals surface area contributed by atoms with Gasteiger partial charge in [0.2, 0.25) is 0 Å². The first-order valence-corrected chi connectivity index (χ1v) is 5.83. The van der Waals surface area contributed by atoms with Crippen molar-refractivity contribution in [1.82, 2.24) is 15.1 Å². The molecule has 0 spiro atoms. The Bertz CT molecular complexity index is 266. The molecule has 1 atom stereocenters. The molecule has 1 saturated heterocycles. The third kappa shape index (κ3) is 1.89. The number of aromatic nitrogens is 2. The van der Waals surface area contributed by atoms with Gasteiger partial charge in [-0.2, -0.15) is 5.10 Å². The van der Waals surface area contributed by atoms with E-state index in [0.717, 1.165) is 13.1 Å². The van der Waals surface area contributed by atoms with Gasteiger partial charge in [-0.3, -0.25) is 4.68 Å². The smallest absolute Gasteiger partial charge is 0.0958 e. The summed E-state index contributed by atoms with van der Waals surface area (Å²) in [6.07, 6.45) is 3.16. The van der Waals surface area contributed by atoms with Crippen molar-refractivity contribution in [3.63, 3.8) is 0 Å². The average molecular weight is 197 g/mol. The van der Waals surface area contributed by atoms with E-state index in [1.807, 2.05) is 18.0 Å². The Morgan fingerprint density at radius 2 is 2.69 bits per heavy atom. The Hall–Kier alpha value is -0.480. The fourth-order valence-corrected chi connectivity index (χ4v) is 2.74. The number of nitrogens with zero attached hydrogens (tertiary/aromatic N) is 2. The Labute approximate surface area is 82.9 Å². The van der Waals surface area contributed by atoms with Crippen molar-refractivity contribution < 1.29 is 0 Å². The molecular weight excluding hydrogens is 182 g/mol. The van der Waals surface area contributed by atoms with Gasteiger partial charge in [-0.15, -0.1) is 11.8 Å². The molecule has 0 radical (unpaired) electrons. The monoisotopic (exact) mass is 197 g/mol. The lowest BCUT2D eigenvalue weighted by molar-refractivity contribution is 0.563. The Morgan fingerprint density at radius 3 is 3.38 bits per heavy atom. The van der Waals surface area contributed by atoms with Gasteiger partial charge < -0.3 is 5.32 Å². The Morgan fingerprint density at radius 1 is 1.77 bits per heavy atom. The summed E-state index contributed by atoms with van der Waals surface area (Å²) in [6.45, 7) is 4.22. The third-order valence-corrected chi connectivity index (χ3v) is 3.52. The number of rotatable bonds is 2. The fraction of sp³-hybridized carbons (Fsp3) is 0.667. The first-order chi connectivity index (χ1) is 6.42. The molecule has 0 saturated carbocycles. The van der Waals surface area contributed by atoms with Crippen molar-refractivity contribution in [2.45, 2.75) is 25.3 Å². The zero-order valence-corrected chi connectivity index (χ0v) is 8.68. The van der Waals surface area contributed by atoms with Crippen LogP contribution in [0.3, 0.4) is 0 Å². The van der Waals surface area contributed by atoms with E-state index in [0.29, 0.717) is 5.37 Å². The Balaban J connectivity index is 2.13. The second kappa shape index (κ2) is 4.15. The summed E-state index contributed by atoms with van der Waals surface area (Å²) in [7, 11) is 0. The molecule has 1 aromatic heterocycles. The largest absolute Gasteiger partial charge is 0.300 e. The van der Waals surface area contributed by atoms with Gasteiger partial charge in [-0.05, 0) is 31.7 Å². The van der Waals surface area contributed by atoms with Gasteiger partial charge in [-0.1, -0.05) is 0 Å². The molecule has 1 fully saturated rings. The fourth-order valence-electron chi connectivity index (χ4n) is 1.59. The molecule has 1 aliphatic heterocycles. The summed E-state index contributed by atoms with van der Waals surface area (Å²) in [5.74, 6) is 1.26. The lowest BCUT2D eigenvalue weighted by Crippen LogP contribution is -2.27. The minimum absolute atomic E-state index is 0.455. The summed E-state index contributed by atoms with van der Waals surface area (Å²) in [5, 5.41) is 8.23. The van der Waals surface area contributed by atoms with E-state index in [2.05, 4.69) is 28.1 Å². The van der Waals surface area contributed by atoms with Crippen molar-refractivity contribution in [2.75, 3.05) is 12.3 Å². The molecule has 2 heterocycles. The van der Waals surface area contributed by atoms with Gasteiger partial charge >= 0.3 is 0 Å². The van der Waals surface area contributed by atoms with Crippen LogP contribution in [-0.4, -0.2) is 22.1 Å². The maximum Gasteiger partial charge on any atom is 0.0958 e. The standard InChI is InChI=1S/C9H15N3S/c1-2-12-8(4-6-11-12)9-10-5-3-7-13-9/h4,6,9-10H,2-3,5,7H2,1H3. The number of nitrogens with one attached hydrogen (secondary N) is 1. The molecule has 1 unspecified atom stereocenters. The van der Waals surface area contributed by atoms with Crippen molar-refractivity contribution in [3.8, 4) is 0 Å². The Kier molecular flexibility index (Phi) is 2.90. The number of aryl methyl sites for hydroxylation is 1. The minimum atomic E-state index is 0.455. The minimum Gasteiger partial charge on any atom is -0.300 e. The van der Waals surface area contributed by atoms with Crippen molar-refractivity contribution in [1.29, 1.82) is 0 Å². The SMILES string of the molecule is CCn1nccc1C1NCCCS1. The van der Waals surface area contributed by atoms with Crippen LogP contribution in [0.1, 0.15) is 24.4 Å². The molecular formula is C9H15N3S. The summed E-state index contributed by atoms with van der Waals surface area (Å²) in [6, 6.07) is 2.11. The van der Waals surface area contributed by atoms with E-state index in [9.17, 15) is 0 Å². The molecule has 72 valence electrons. The lowest BCUT2D eigenvalue weighted by atomic mass is 10.4. The first-order valence-electron chi connectivity index (χ1n) is 4.78. The topological polar surface area (TPSA) is 29.9 Å². The number of hydrogen-bond acceptors (Lipinski definition) is 3. The van der Waals surface area contributed by atoms with E-state index in [1.165, 1.54) is 17.9 Å². The molecule has 1 aromatic rings. The van der Waals surface area contributed by atoms with Crippen LogP contribution in [0.25, 0.3) is 0 Å². The maximum atomic E-state index is 4.27. The van der Waals surface area contributed by atoms with Gasteiger partial charge in [0.05, 0.1) is 11.1 Å². The lowest BCUT2D eigenvalue weighted by Gasteiger charge is -2.23. The summed E-state index contributed by atoms with van der Waals surface area (Å²) >= 11 is 1.98. The van der Waals surface area contributed by atoms with Crippen LogP contribution in [-0.2, 0) is 6.54 Å². The number of hydrogen-bond donors (Lipinski definition) is 1. The molecule has 13 heavy (non-hydrogen) atoms. The maximum absolute atomic E-state index is 4.27. The van der Waals surface area contributed by atoms with E-state index in [4.69, 9.17) is 0 Å². The summed E-state index contributed by atoms with van der Waals surface area (Å²) < 4.78 is 2.07. The zero-order chi connectivity index (χ0) is 9.10. The first kappa shape index (κ1) is 9.09. The molecule has 3 nitrogen and oxygen atoms in total. The highest BCUT2D eigenvalue weighted by Gasteiger charge is 2.17. The molecule has 0 bridgehead atoms. The molecule has 1 aliphatic rings. The van der Waals surface area contributed by atoms with Crippen molar-refractivity contribution >= 4 is 11.8 Å². The third-order valence-electron chi connectivity index (χ3n) is 2.25. The number of thioether (sulfide) groups is 1. The van der Waals surface area contributed by atoms with Gasteiger partial charge in [0.15, 0.2) is 0 Å². The van der Waals surface area contributed by atoms with E-state index < -0.39 is 0 Å². The van der Waals surface area contributed by atoms with E-state index in [1.54, 1.807) is 0 Å². The van der Waals surface area contributed by atoms with Gasteiger partial charge in [0.25, 0.3) is 0 Å². The highest BCUT2D eigenvalue weighted by molar-refractivity contribution is 7.99. The van der Waals surface area contributed by atoms with Gasteiger partial charge in [-0.25, -0.2) is 0 Å². The van der Waals surface area contributed by atoms with Crippen molar-refractivity contribution in [2.24, 2.45) is 0 Å². The van der Waals surface area contributed by atoms with Gasteiger partial charge in [0, 0.05) is 12.7 Å². The molecule has 2 rings (SSSR count). The quantitative estimate of drug-likeness (QED) is 0.781. The highest BCUT2D eigenvalue weighted by atomic mass is 32.2. The van der Waals surface area contributed by atoms with Gasteiger partial charge in [0.1, 0.15) is 0 Å². The summed E-state index contributed by atoms with van der Waals surface area (Å²) in [5.41, 5.74) is 1.31. The normalized spacial score (nSPS) is 23.3. The van der Waals surface area contributed by atoms with Crippen molar-refractivity contribution in [3.05, 3.63) is 18.0 Å². The summed E-state index contributed by atoms with van der Waals surface area (Å²) in [4.78, 5) is 0. The molecule has 0 amide bonds. The second-order valence-electron chi connectivity index (χ2n) is 3.13. The van der Waals surface area contributed by atoms with Crippen LogP contribution in [0.15, 0.2) is 12.3 Å². The average Bonchev–Trinajstić information content (AvgIpc) is 2.67. The highest BCUT2D eigenvalue weighted by Crippen LogP contribution is 2.28. The van der Waals surface area contributed by atoms with Crippen LogP contribution in [0.5, 0.6) is 0 Å². The van der Waals surface area contributed by atoms with E-state index in [-0.39, 0.29) is 0 Å². The molecule has 1 N–H and O–H groups in total. The van der Waals surface area contributed by atoms with Crippen LogP contribution in [0.4, 0.5) is 0 Å². The molecule has 0 aliphatic carbocycles. The van der Waals surface area contributed by atoms with Crippen LogP contribution in [0, 0.1) is 0 Å². The van der Waals surface area contributed by atoms with E-state index >= 15 is 0 Å². The molecule has 0 aromatic carbocycles. The predicted octanol–water partition coefficient (Wildman–Crippen LogP) is 1.63. The van der Waals surface area contributed by atoms with Crippen LogP contribution in [0.2, 0.25) is 0 Å². The zero-order valence-electron chi connectivity index (χ0n) is 7.86.